The average molecular weight is 398 g/mol. The molecule has 3 N–H and O–H groups in total. The second kappa shape index (κ2) is 7.16. The van der Waals surface area contributed by atoms with Crippen molar-refractivity contribution in [3.8, 4) is 11.5 Å². The molecule has 0 bridgehead atoms. The lowest BCUT2D eigenvalue weighted by atomic mass is 10.2. The second-order valence-corrected chi connectivity index (χ2v) is 5.53. The number of carbonyl (C=O) groups excluding carboxylic acids is 1. The molecule has 0 aromatic heterocycles. The van der Waals surface area contributed by atoms with Crippen molar-refractivity contribution < 1.29 is 14.6 Å². The van der Waals surface area contributed by atoms with Crippen LogP contribution >= 0.6 is 22.6 Å². The second-order valence-electron chi connectivity index (χ2n) is 4.29. The Kier molecular flexibility index (Phi) is 5.26. The average Bonchev–Trinajstić information content (AvgIpc) is 2.46. The molecule has 5 nitrogen and oxygen atoms in total. The summed E-state index contributed by atoms with van der Waals surface area (Å²) in [6, 6.07) is 12.3. The van der Waals surface area contributed by atoms with Crippen molar-refractivity contribution in [2.75, 3.05) is 12.4 Å². The molecule has 0 fully saturated rings. The Balaban J connectivity index is 1.95. The molecule has 2 aromatic carbocycles. The van der Waals surface area contributed by atoms with Crippen LogP contribution in [0.5, 0.6) is 11.5 Å². The van der Waals surface area contributed by atoms with Gasteiger partial charge < -0.3 is 20.5 Å². The Morgan fingerprint density at radius 1 is 1.29 bits per heavy atom. The summed E-state index contributed by atoms with van der Waals surface area (Å²) in [5.41, 5.74) is 1.31. The van der Waals surface area contributed by atoms with E-state index in [-0.39, 0.29) is 18.3 Å². The molecule has 2 rings (SSSR count). The summed E-state index contributed by atoms with van der Waals surface area (Å²) < 4.78 is 6.06. The number of aromatic hydroxyl groups is 1. The predicted molar refractivity (Wildman–Crippen MR) is 89.7 cm³/mol. The van der Waals surface area contributed by atoms with Crippen molar-refractivity contribution >= 4 is 34.3 Å². The summed E-state index contributed by atoms with van der Waals surface area (Å²) >= 11 is 2.18. The van der Waals surface area contributed by atoms with Gasteiger partial charge in [0.2, 0.25) is 0 Å². The van der Waals surface area contributed by atoms with Crippen LogP contribution in [-0.4, -0.2) is 18.2 Å². The van der Waals surface area contributed by atoms with Crippen LogP contribution in [-0.2, 0) is 6.54 Å². The third kappa shape index (κ3) is 4.25. The molecule has 0 aliphatic heterocycles. The fourth-order valence-electron chi connectivity index (χ4n) is 1.79. The van der Waals surface area contributed by atoms with Crippen LogP contribution in [0.4, 0.5) is 10.5 Å². The van der Waals surface area contributed by atoms with Gasteiger partial charge in [-0.25, -0.2) is 4.79 Å². The minimum Gasteiger partial charge on any atom is -0.504 e. The standard InChI is InChI=1S/C15H15IN2O3/c1-21-13-7-2-4-10(14(13)19)9-17-15(20)18-12-6-3-5-11(16)8-12/h2-8,19H,9H2,1H3,(H2,17,18,20). The van der Waals surface area contributed by atoms with Gasteiger partial charge in [-0.05, 0) is 46.9 Å². The first kappa shape index (κ1) is 15.4. The molecule has 0 aliphatic carbocycles. The molecule has 0 saturated heterocycles. The fraction of sp³-hybridized carbons (Fsp3) is 0.133. The van der Waals surface area contributed by atoms with Gasteiger partial charge in [-0.1, -0.05) is 18.2 Å². The maximum atomic E-state index is 11.8. The third-order valence-corrected chi connectivity index (χ3v) is 3.50. The molecular formula is C15H15IN2O3. The van der Waals surface area contributed by atoms with Gasteiger partial charge in [0.15, 0.2) is 11.5 Å². The summed E-state index contributed by atoms with van der Waals surface area (Å²) in [6.07, 6.45) is 0. The third-order valence-electron chi connectivity index (χ3n) is 2.82. The Hall–Kier alpha value is -1.96. The summed E-state index contributed by atoms with van der Waals surface area (Å²) in [6.45, 7) is 0.207. The molecule has 0 saturated carbocycles. The minimum absolute atomic E-state index is 0.0366. The quantitative estimate of drug-likeness (QED) is 0.693. The Bertz CT molecular complexity index is 647. The van der Waals surface area contributed by atoms with Crippen LogP contribution in [0.25, 0.3) is 0 Å². The summed E-state index contributed by atoms with van der Waals surface area (Å²) in [5.74, 6) is 0.418. The highest BCUT2D eigenvalue weighted by atomic mass is 127. The zero-order chi connectivity index (χ0) is 15.2. The van der Waals surface area contributed by atoms with Gasteiger partial charge in [-0.3, -0.25) is 0 Å². The number of nitrogens with one attached hydrogen (secondary N) is 2. The van der Waals surface area contributed by atoms with Gasteiger partial charge >= 0.3 is 6.03 Å². The van der Waals surface area contributed by atoms with Gasteiger partial charge in [0.25, 0.3) is 0 Å². The molecule has 0 radical (unpaired) electrons. The van der Waals surface area contributed by atoms with Gasteiger partial charge in [-0.2, -0.15) is 0 Å². The van der Waals surface area contributed by atoms with Gasteiger partial charge in [0.1, 0.15) is 0 Å². The van der Waals surface area contributed by atoms with Crippen molar-refractivity contribution in [3.63, 3.8) is 0 Å². The number of rotatable bonds is 4. The van der Waals surface area contributed by atoms with Crippen molar-refractivity contribution in [2.45, 2.75) is 6.54 Å². The molecule has 2 amide bonds. The molecule has 6 heteroatoms. The highest BCUT2D eigenvalue weighted by molar-refractivity contribution is 14.1. The largest absolute Gasteiger partial charge is 0.504 e. The lowest BCUT2D eigenvalue weighted by molar-refractivity contribution is 0.251. The highest BCUT2D eigenvalue weighted by Crippen LogP contribution is 2.29. The first-order valence-corrected chi connectivity index (χ1v) is 7.33. The van der Waals surface area contributed by atoms with Gasteiger partial charge in [0, 0.05) is 21.4 Å². The molecular weight excluding hydrogens is 383 g/mol. The number of amides is 2. The smallest absolute Gasteiger partial charge is 0.319 e. The van der Waals surface area contributed by atoms with E-state index in [1.54, 1.807) is 18.2 Å². The normalized spacial score (nSPS) is 10.0. The predicted octanol–water partition coefficient (Wildman–Crippen LogP) is 3.33. The van der Waals surface area contributed by atoms with E-state index in [1.807, 2.05) is 24.3 Å². The first-order chi connectivity index (χ1) is 10.1. The van der Waals surface area contributed by atoms with E-state index in [1.165, 1.54) is 7.11 Å². The number of phenolic OH excluding ortho intramolecular Hbond substituents is 1. The van der Waals surface area contributed by atoms with Crippen molar-refractivity contribution in [2.24, 2.45) is 0 Å². The molecule has 0 heterocycles. The molecule has 2 aromatic rings. The van der Waals surface area contributed by atoms with E-state index in [0.717, 1.165) is 3.57 Å². The number of carbonyl (C=O) groups is 1. The van der Waals surface area contributed by atoms with Crippen LogP contribution in [0.3, 0.4) is 0 Å². The SMILES string of the molecule is COc1cccc(CNC(=O)Nc2cccc(I)c2)c1O. The van der Waals surface area contributed by atoms with Crippen LogP contribution in [0.1, 0.15) is 5.56 Å². The number of hydrogen-bond acceptors (Lipinski definition) is 3. The zero-order valence-corrected chi connectivity index (χ0v) is 13.5. The number of hydrogen-bond donors (Lipinski definition) is 3. The van der Waals surface area contributed by atoms with Crippen LogP contribution < -0.4 is 15.4 Å². The van der Waals surface area contributed by atoms with E-state index in [2.05, 4.69) is 33.2 Å². The molecule has 110 valence electrons. The number of methoxy groups -OCH3 is 1. The number of phenols is 1. The Labute approximate surface area is 136 Å². The zero-order valence-electron chi connectivity index (χ0n) is 11.4. The summed E-state index contributed by atoms with van der Waals surface area (Å²) in [5, 5.41) is 15.4. The lowest BCUT2D eigenvalue weighted by Crippen LogP contribution is -2.28. The van der Waals surface area contributed by atoms with Crippen LogP contribution in [0, 0.1) is 3.57 Å². The minimum atomic E-state index is -0.334. The number of urea groups is 1. The van der Waals surface area contributed by atoms with Crippen LogP contribution in [0.2, 0.25) is 0 Å². The number of ether oxygens (including phenoxy) is 1. The number of halogens is 1. The maximum Gasteiger partial charge on any atom is 0.319 e. The molecule has 0 unspecified atom stereocenters. The Morgan fingerprint density at radius 3 is 2.76 bits per heavy atom. The number of para-hydroxylation sites is 1. The molecule has 21 heavy (non-hydrogen) atoms. The highest BCUT2D eigenvalue weighted by Gasteiger charge is 2.08. The lowest BCUT2D eigenvalue weighted by Gasteiger charge is -2.11. The van der Waals surface area contributed by atoms with Gasteiger partial charge in [-0.15, -0.1) is 0 Å². The monoisotopic (exact) mass is 398 g/mol. The van der Waals surface area contributed by atoms with E-state index in [4.69, 9.17) is 4.74 Å². The molecule has 0 spiro atoms. The number of anilines is 1. The fourth-order valence-corrected chi connectivity index (χ4v) is 2.34. The van der Waals surface area contributed by atoms with E-state index < -0.39 is 0 Å². The topological polar surface area (TPSA) is 70.6 Å². The van der Waals surface area contributed by atoms with E-state index in [9.17, 15) is 9.90 Å². The molecule has 0 aliphatic rings. The van der Waals surface area contributed by atoms with Crippen molar-refractivity contribution in [1.29, 1.82) is 0 Å². The Morgan fingerprint density at radius 2 is 2.05 bits per heavy atom. The maximum absolute atomic E-state index is 11.8. The van der Waals surface area contributed by atoms with Crippen molar-refractivity contribution in [1.82, 2.24) is 5.32 Å². The first-order valence-electron chi connectivity index (χ1n) is 6.25. The van der Waals surface area contributed by atoms with Gasteiger partial charge in [0.05, 0.1) is 7.11 Å². The summed E-state index contributed by atoms with van der Waals surface area (Å²) in [7, 11) is 1.48. The molecule has 0 atom stereocenters. The van der Waals surface area contributed by atoms with E-state index >= 15 is 0 Å². The van der Waals surface area contributed by atoms with Crippen LogP contribution in [0.15, 0.2) is 42.5 Å². The van der Waals surface area contributed by atoms with E-state index in [0.29, 0.717) is 17.0 Å². The summed E-state index contributed by atoms with van der Waals surface area (Å²) in [4.78, 5) is 11.8. The van der Waals surface area contributed by atoms with Crippen molar-refractivity contribution in [3.05, 3.63) is 51.6 Å². The number of benzene rings is 2.